The fraction of sp³-hybridized carbons (Fsp3) is 0.0952. The van der Waals surface area contributed by atoms with Crippen LogP contribution in [-0.2, 0) is 5.72 Å². The van der Waals surface area contributed by atoms with Crippen molar-refractivity contribution in [3.63, 3.8) is 0 Å². The molecule has 1 aliphatic heterocycles. The van der Waals surface area contributed by atoms with Crippen LogP contribution in [-0.4, -0.2) is 17.7 Å². The maximum atomic E-state index is 13.3. The van der Waals surface area contributed by atoms with E-state index in [-0.39, 0.29) is 12.6 Å². The number of anilines is 2. The molecule has 2 amide bonds. The van der Waals surface area contributed by atoms with Crippen LogP contribution in [0.1, 0.15) is 5.56 Å². The van der Waals surface area contributed by atoms with Gasteiger partial charge in [0.15, 0.2) is 5.72 Å². The molecule has 1 fully saturated rings. The highest BCUT2D eigenvalue weighted by Crippen LogP contribution is 2.40. The van der Waals surface area contributed by atoms with Gasteiger partial charge in [0, 0.05) is 26.4 Å². The van der Waals surface area contributed by atoms with Gasteiger partial charge in [-0.25, -0.2) is 4.79 Å². The third-order valence-corrected chi connectivity index (χ3v) is 5.41. The number of nitrogens with zero attached hydrogens (tertiary/aromatic N) is 2. The SMILES string of the molecule is O=C1N(c2ccc(Br)cc2)CC(O)(c2ccccc2)N1c1ccc(Cl)cc1. The molecular weight excluding hydrogens is 428 g/mol. The molecule has 6 heteroatoms. The smallest absolute Gasteiger partial charge is 0.331 e. The Morgan fingerprint density at radius 2 is 1.48 bits per heavy atom. The second kappa shape index (κ2) is 7.00. The average molecular weight is 444 g/mol. The number of aliphatic hydroxyl groups is 1. The van der Waals surface area contributed by atoms with Crippen molar-refractivity contribution in [2.24, 2.45) is 0 Å². The Morgan fingerprint density at radius 1 is 0.889 bits per heavy atom. The van der Waals surface area contributed by atoms with Gasteiger partial charge in [-0.3, -0.25) is 9.80 Å². The van der Waals surface area contributed by atoms with Crippen LogP contribution in [0.2, 0.25) is 5.02 Å². The molecule has 3 aromatic carbocycles. The zero-order valence-corrected chi connectivity index (χ0v) is 16.6. The normalized spacial score (nSPS) is 19.6. The van der Waals surface area contributed by atoms with Gasteiger partial charge in [-0.2, -0.15) is 0 Å². The van der Waals surface area contributed by atoms with Crippen LogP contribution in [0.3, 0.4) is 0 Å². The molecule has 1 unspecified atom stereocenters. The molecule has 1 N–H and O–H groups in total. The van der Waals surface area contributed by atoms with Crippen molar-refractivity contribution in [1.29, 1.82) is 0 Å². The molecule has 3 aromatic rings. The molecule has 1 saturated heterocycles. The van der Waals surface area contributed by atoms with Crippen LogP contribution < -0.4 is 9.80 Å². The highest BCUT2D eigenvalue weighted by atomic mass is 79.9. The summed E-state index contributed by atoms with van der Waals surface area (Å²) in [6.45, 7) is 0.111. The summed E-state index contributed by atoms with van der Waals surface area (Å²) in [6.07, 6.45) is 0. The zero-order chi connectivity index (χ0) is 19.0. The summed E-state index contributed by atoms with van der Waals surface area (Å²) >= 11 is 9.41. The number of β-amino-alcohol motifs (C(OH)–C–C–N with tert-alkyl or cyclic N) is 1. The van der Waals surface area contributed by atoms with E-state index in [0.29, 0.717) is 22.0 Å². The summed E-state index contributed by atoms with van der Waals surface area (Å²) in [5.41, 5.74) is 0.441. The lowest BCUT2D eigenvalue weighted by atomic mass is 10.0. The minimum Gasteiger partial charge on any atom is -0.365 e. The first kappa shape index (κ1) is 18.0. The van der Waals surface area contributed by atoms with Gasteiger partial charge < -0.3 is 5.11 Å². The molecule has 1 atom stereocenters. The molecule has 136 valence electrons. The van der Waals surface area contributed by atoms with Crippen molar-refractivity contribution in [2.75, 3.05) is 16.3 Å². The van der Waals surface area contributed by atoms with Crippen LogP contribution in [0.25, 0.3) is 0 Å². The predicted molar refractivity (Wildman–Crippen MR) is 111 cm³/mol. The van der Waals surface area contributed by atoms with Crippen molar-refractivity contribution in [3.8, 4) is 0 Å². The summed E-state index contributed by atoms with van der Waals surface area (Å²) in [5.74, 6) is 0. The van der Waals surface area contributed by atoms with Gasteiger partial charge in [-0.1, -0.05) is 57.9 Å². The first-order valence-electron chi connectivity index (χ1n) is 8.40. The number of halogens is 2. The minimum atomic E-state index is -1.50. The molecule has 0 radical (unpaired) electrons. The Hall–Kier alpha value is -2.34. The molecule has 0 saturated carbocycles. The summed E-state index contributed by atoms with van der Waals surface area (Å²) in [7, 11) is 0. The molecule has 4 nitrogen and oxygen atoms in total. The Labute approximate surface area is 170 Å². The van der Waals surface area contributed by atoms with E-state index < -0.39 is 5.72 Å². The number of carbonyl (C=O) groups excluding carboxylic acids is 1. The number of hydrogen-bond acceptors (Lipinski definition) is 2. The van der Waals surface area contributed by atoms with E-state index in [0.717, 1.165) is 4.47 Å². The highest BCUT2D eigenvalue weighted by Gasteiger charge is 2.51. The van der Waals surface area contributed by atoms with Gasteiger partial charge in [0.1, 0.15) is 0 Å². The van der Waals surface area contributed by atoms with Crippen molar-refractivity contribution in [1.82, 2.24) is 0 Å². The molecule has 0 bridgehead atoms. The van der Waals surface area contributed by atoms with Crippen LogP contribution >= 0.6 is 27.5 Å². The number of urea groups is 1. The van der Waals surface area contributed by atoms with Crippen LogP contribution in [0.4, 0.5) is 16.2 Å². The van der Waals surface area contributed by atoms with Gasteiger partial charge >= 0.3 is 6.03 Å². The van der Waals surface area contributed by atoms with Crippen LogP contribution in [0.5, 0.6) is 0 Å². The number of benzene rings is 3. The average Bonchev–Trinajstić information content (AvgIpc) is 2.96. The van der Waals surface area contributed by atoms with E-state index in [2.05, 4.69) is 15.9 Å². The van der Waals surface area contributed by atoms with Gasteiger partial charge in [0.25, 0.3) is 0 Å². The first-order valence-corrected chi connectivity index (χ1v) is 9.57. The summed E-state index contributed by atoms with van der Waals surface area (Å²) < 4.78 is 0.922. The van der Waals surface area contributed by atoms with Crippen LogP contribution in [0.15, 0.2) is 83.3 Å². The Morgan fingerprint density at radius 3 is 2.11 bits per heavy atom. The number of carbonyl (C=O) groups is 1. The largest absolute Gasteiger partial charge is 0.365 e. The summed E-state index contributed by atoms with van der Waals surface area (Å²) in [6, 6.07) is 23.2. The zero-order valence-electron chi connectivity index (χ0n) is 14.2. The van der Waals surface area contributed by atoms with E-state index in [4.69, 9.17) is 11.6 Å². The molecular formula is C21H16BrClN2O2. The molecule has 0 aliphatic carbocycles. The first-order chi connectivity index (χ1) is 13.0. The molecule has 4 rings (SSSR count). The van der Waals surface area contributed by atoms with Crippen molar-refractivity contribution < 1.29 is 9.90 Å². The maximum Gasteiger partial charge on any atom is 0.331 e. The molecule has 0 spiro atoms. The highest BCUT2D eigenvalue weighted by molar-refractivity contribution is 9.10. The van der Waals surface area contributed by atoms with E-state index in [1.54, 1.807) is 29.2 Å². The van der Waals surface area contributed by atoms with E-state index in [1.807, 2.05) is 54.6 Å². The number of amides is 2. The molecule has 1 aliphatic rings. The van der Waals surface area contributed by atoms with Gasteiger partial charge in [0.05, 0.1) is 6.54 Å². The third kappa shape index (κ3) is 3.23. The van der Waals surface area contributed by atoms with E-state index in [9.17, 15) is 9.90 Å². The lowest BCUT2D eigenvalue weighted by Gasteiger charge is -2.32. The molecule has 1 heterocycles. The Balaban J connectivity index is 1.83. The Kier molecular flexibility index (Phi) is 4.68. The van der Waals surface area contributed by atoms with Gasteiger partial charge in [-0.15, -0.1) is 0 Å². The molecule has 27 heavy (non-hydrogen) atoms. The van der Waals surface area contributed by atoms with E-state index in [1.165, 1.54) is 4.90 Å². The lowest BCUT2D eigenvalue weighted by Crippen LogP contribution is -2.44. The topological polar surface area (TPSA) is 43.8 Å². The second-order valence-corrected chi connectivity index (χ2v) is 7.69. The van der Waals surface area contributed by atoms with Crippen molar-refractivity contribution in [2.45, 2.75) is 5.72 Å². The van der Waals surface area contributed by atoms with Crippen LogP contribution in [0, 0.1) is 0 Å². The third-order valence-electron chi connectivity index (χ3n) is 4.63. The van der Waals surface area contributed by atoms with Crippen molar-refractivity contribution >= 4 is 44.9 Å². The second-order valence-electron chi connectivity index (χ2n) is 6.34. The Bertz CT molecular complexity index is 964. The number of hydrogen-bond donors (Lipinski definition) is 1. The van der Waals surface area contributed by atoms with Gasteiger partial charge in [-0.05, 0) is 48.5 Å². The van der Waals surface area contributed by atoms with Crippen molar-refractivity contribution in [3.05, 3.63) is 93.9 Å². The summed E-state index contributed by atoms with van der Waals surface area (Å²) in [4.78, 5) is 16.3. The van der Waals surface area contributed by atoms with E-state index >= 15 is 0 Å². The fourth-order valence-electron chi connectivity index (χ4n) is 3.30. The number of rotatable bonds is 3. The maximum absolute atomic E-state index is 13.3. The monoisotopic (exact) mass is 442 g/mol. The quantitative estimate of drug-likeness (QED) is 0.589. The molecule has 0 aromatic heterocycles. The minimum absolute atomic E-state index is 0.111. The fourth-order valence-corrected chi connectivity index (χ4v) is 3.69. The van der Waals surface area contributed by atoms with Gasteiger partial charge in [0.2, 0.25) is 0 Å². The lowest BCUT2D eigenvalue weighted by molar-refractivity contribution is 0.0655. The predicted octanol–water partition coefficient (Wildman–Crippen LogP) is 5.39. The standard InChI is InChI=1S/C21H16BrClN2O2/c22-16-6-10-18(11-7-16)24-14-21(27,15-4-2-1-3-5-15)25(20(24)26)19-12-8-17(23)9-13-19/h1-13,27H,14H2. The summed E-state index contributed by atoms with van der Waals surface area (Å²) in [5, 5.41) is 12.2.